The largest absolute Gasteiger partial charge is 0.321 e. The lowest BCUT2D eigenvalue weighted by Gasteiger charge is -2.11. The lowest BCUT2D eigenvalue weighted by Crippen LogP contribution is -2.18. The first-order valence-corrected chi connectivity index (χ1v) is 6.20. The molecule has 0 unspecified atom stereocenters. The summed E-state index contributed by atoms with van der Waals surface area (Å²) >= 11 is 5.96. The van der Waals surface area contributed by atoms with Crippen LogP contribution in [0.3, 0.4) is 0 Å². The van der Waals surface area contributed by atoms with Gasteiger partial charge in [-0.25, -0.2) is 4.39 Å². The van der Waals surface area contributed by atoms with Crippen molar-refractivity contribution in [2.75, 3.05) is 10.7 Å². The minimum Gasteiger partial charge on any atom is -0.321 e. The highest BCUT2D eigenvalue weighted by atomic mass is 35.5. The molecule has 0 saturated carbocycles. The number of hydrogen-bond donors (Lipinski definition) is 3. The van der Waals surface area contributed by atoms with E-state index < -0.39 is 11.7 Å². The van der Waals surface area contributed by atoms with E-state index in [0.717, 1.165) is 0 Å². The molecule has 2 aromatic carbocycles. The zero-order chi connectivity index (χ0) is 15.4. The summed E-state index contributed by atoms with van der Waals surface area (Å²) in [4.78, 5) is 12.2. The fourth-order valence-corrected chi connectivity index (χ4v) is 1.96. The van der Waals surface area contributed by atoms with Gasteiger partial charge in [-0.15, -0.1) is 0 Å². The average Bonchev–Trinajstić information content (AvgIpc) is 2.48. The summed E-state index contributed by atoms with van der Waals surface area (Å²) in [5.41, 5.74) is 2.76. The van der Waals surface area contributed by atoms with Crippen molar-refractivity contribution >= 4 is 28.9 Å². The van der Waals surface area contributed by atoms with E-state index in [2.05, 4.69) is 10.7 Å². The van der Waals surface area contributed by atoms with Gasteiger partial charge in [0, 0.05) is 0 Å². The number of para-hydroxylation sites is 1. The average molecular weight is 305 g/mol. The van der Waals surface area contributed by atoms with Crippen molar-refractivity contribution in [3.63, 3.8) is 0 Å². The van der Waals surface area contributed by atoms with Crippen LogP contribution in [-0.4, -0.2) is 5.91 Å². The molecule has 0 fully saturated rings. The van der Waals surface area contributed by atoms with Crippen LogP contribution in [0, 0.1) is 17.1 Å². The Morgan fingerprint density at radius 2 is 2.10 bits per heavy atom. The number of carbonyl (C=O) groups is 1. The number of nitrogens with zero attached hydrogens (tertiary/aromatic N) is 1. The third-order valence-corrected chi connectivity index (χ3v) is 3.06. The molecule has 0 bridgehead atoms. The third-order valence-electron chi connectivity index (χ3n) is 2.75. The van der Waals surface area contributed by atoms with Crippen molar-refractivity contribution in [1.82, 2.24) is 0 Å². The molecule has 21 heavy (non-hydrogen) atoms. The van der Waals surface area contributed by atoms with Crippen molar-refractivity contribution in [2.45, 2.75) is 0 Å². The Labute approximate surface area is 125 Å². The topological polar surface area (TPSA) is 90.9 Å². The van der Waals surface area contributed by atoms with Gasteiger partial charge in [0.05, 0.1) is 33.6 Å². The Bertz CT molecular complexity index is 742. The predicted molar refractivity (Wildman–Crippen MR) is 78.3 cm³/mol. The molecule has 1 amide bonds. The Morgan fingerprint density at radius 1 is 1.33 bits per heavy atom. The minimum atomic E-state index is -0.643. The van der Waals surface area contributed by atoms with Gasteiger partial charge >= 0.3 is 0 Å². The van der Waals surface area contributed by atoms with Crippen molar-refractivity contribution < 1.29 is 9.18 Å². The first kappa shape index (κ1) is 14.8. The van der Waals surface area contributed by atoms with Crippen LogP contribution >= 0.6 is 11.6 Å². The predicted octanol–water partition coefficient (Wildman–Crippen LogP) is 2.89. The number of hydrazine groups is 1. The molecule has 7 heteroatoms. The van der Waals surface area contributed by atoms with Gasteiger partial charge in [-0.3, -0.25) is 10.6 Å². The van der Waals surface area contributed by atoms with Crippen LogP contribution in [-0.2, 0) is 0 Å². The summed E-state index contributed by atoms with van der Waals surface area (Å²) < 4.78 is 13.5. The first-order chi connectivity index (χ1) is 10.1. The number of halogens is 2. The second kappa shape index (κ2) is 6.22. The highest BCUT2D eigenvalue weighted by Crippen LogP contribution is 2.25. The normalized spacial score (nSPS) is 9.81. The van der Waals surface area contributed by atoms with Gasteiger partial charge in [0.1, 0.15) is 5.82 Å². The van der Waals surface area contributed by atoms with Gasteiger partial charge in [-0.2, -0.15) is 5.26 Å². The molecule has 0 spiro atoms. The van der Waals surface area contributed by atoms with E-state index in [4.69, 9.17) is 22.7 Å². The fraction of sp³-hybridized carbons (Fsp3) is 0. The Morgan fingerprint density at radius 3 is 2.71 bits per heavy atom. The molecule has 0 aromatic heterocycles. The molecule has 106 valence electrons. The van der Waals surface area contributed by atoms with E-state index in [1.54, 1.807) is 0 Å². The molecule has 5 nitrogen and oxygen atoms in total. The number of amides is 1. The van der Waals surface area contributed by atoms with Gasteiger partial charge in [0.25, 0.3) is 5.91 Å². The first-order valence-electron chi connectivity index (χ1n) is 5.83. The van der Waals surface area contributed by atoms with E-state index in [0.29, 0.717) is 11.3 Å². The van der Waals surface area contributed by atoms with Crippen LogP contribution in [0.15, 0.2) is 36.4 Å². The second-order valence-corrected chi connectivity index (χ2v) is 4.47. The van der Waals surface area contributed by atoms with E-state index >= 15 is 0 Å². The summed E-state index contributed by atoms with van der Waals surface area (Å²) in [6.07, 6.45) is 0. The number of anilines is 2. The van der Waals surface area contributed by atoms with E-state index in [1.807, 2.05) is 6.07 Å². The van der Waals surface area contributed by atoms with Crippen LogP contribution in [0.5, 0.6) is 0 Å². The molecule has 0 saturated heterocycles. The number of rotatable bonds is 3. The van der Waals surface area contributed by atoms with Gasteiger partial charge in [-0.05, 0) is 30.3 Å². The molecular weight excluding hydrogens is 295 g/mol. The third kappa shape index (κ3) is 3.11. The molecule has 0 radical (unpaired) electrons. The van der Waals surface area contributed by atoms with Crippen molar-refractivity contribution in [3.05, 3.63) is 58.4 Å². The fourth-order valence-electron chi connectivity index (χ4n) is 1.74. The molecule has 2 aromatic rings. The zero-order valence-corrected chi connectivity index (χ0v) is 11.4. The SMILES string of the molecule is N#Cc1ccc(NC(=O)c2cccc(F)c2NN)c(Cl)c1. The molecule has 0 aliphatic rings. The molecule has 0 heterocycles. The van der Waals surface area contributed by atoms with Gasteiger partial charge in [0.15, 0.2) is 0 Å². The standard InChI is InChI=1S/C14H10ClFN4O/c15-10-6-8(7-17)4-5-12(10)19-14(21)9-2-1-3-11(16)13(9)20-18/h1-6,20H,18H2,(H,19,21). The van der Waals surface area contributed by atoms with E-state index in [1.165, 1.54) is 36.4 Å². The maximum Gasteiger partial charge on any atom is 0.257 e. The maximum absolute atomic E-state index is 13.5. The van der Waals surface area contributed by atoms with Crippen LogP contribution < -0.4 is 16.6 Å². The zero-order valence-electron chi connectivity index (χ0n) is 10.7. The van der Waals surface area contributed by atoms with Crippen molar-refractivity contribution in [1.29, 1.82) is 5.26 Å². The van der Waals surface area contributed by atoms with Gasteiger partial charge in [-0.1, -0.05) is 17.7 Å². The summed E-state index contributed by atoms with van der Waals surface area (Å²) in [5, 5.41) is 11.5. The molecule has 0 aliphatic heterocycles. The number of nitrogens with two attached hydrogens (primary N) is 1. The monoisotopic (exact) mass is 304 g/mol. The van der Waals surface area contributed by atoms with Crippen LogP contribution in [0.4, 0.5) is 15.8 Å². The lowest BCUT2D eigenvalue weighted by atomic mass is 10.1. The van der Waals surface area contributed by atoms with Crippen molar-refractivity contribution in [2.24, 2.45) is 5.84 Å². The lowest BCUT2D eigenvalue weighted by molar-refractivity contribution is 0.102. The maximum atomic E-state index is 13.5. The van der Waals surface area contributed by atoms with Crippen LogP contribution in [0.1, 0.15) is 15.9 Å². The Hall–Kier alpha value is -2.62. The summed E-state index contributed by atoms with van der Waals surface area (Å²) in [6, 6.07) is 10.4. The highest BCUT2D eigenvalue weighted by Gasteiger charge is 2.15. The molecular formula is C14H10ClFN4O. The number of nitriles is 1. The summed E-state index contributed by atoms with van der Waals surface area (Å²) in [7, 11) is 0. The summed E-state index contributed by atoms with van der Waals surface area (Å²) in [5.74, 6) is 4.00. The van der Waals surface area contributed by atoms with Crippen LogP contribution in [0.2, 0.25) is 5.02 Å². The van der Waals surface area contributed by atoms with Crippen molar-refractivity contribution in [3.8, 4) is 6.07 Å². The molecule has 2 rings (SSSR count). The second-order valence-electron chi connectivity index (χ2n) is 4.07. The van der Waals surface area contributed by atoms with Gasteiger partial charge in [0.2, 0.25) is 0 Å². The minimum absolute atomic E-state index is 0.0397. The molecule has 4 N–H and O–H groups in total. The Kier molecular flexibility index (Phi) is 4.38. The number of nitrogen functional groups attached to an aromatic ring is 1. The number of nitrogens with one attached hydrogen (secondary N) is 2. The Balaban J connectivity index is 2.31. The van der Waals surface area contributed by atoms with E-state index in [-0.39, 0.29) is 16.3 Å². The number of benzene rings is 2. The quantitative estimate of drug-likeness (QED) is 0.600. The highest BCUT2D eigenvalue weighted by molar-refractivity contribution is 6.34. The number of carbonyl (C=O) groups excluding carboxylic acids is 1. The van der Waals surface area contributed by atoms with Gasteiger partial charge < -0.3 is 10.7 Å². The van der Waals surface area contributed by atoms with Crippen LogP contribution in [0.25, 0.3) is 0 Å². The molecule has 0 aliphatic carbocycles. The van der Waals surface area contributed by atoms with E-state index in [9.17, 15) is 9.18 Å². The molecule has 0 atom stereocenters. The smallest absolute Gasteiger partial charge is 0.257 e. The summed E-state index contributed by atoms with van der Waals surface area (Å²) in [6.45, 7) is 0. The number of hydrogen-bond acceptors (Lipinski definition) is 4.